The van der Waals surface area contributed by atoms with Crippen LogP contribution in [0.15, 0.2) is 42.9 Å². The zero-order valence-electron chi connectivity index (χ0n) is 10.1. The zero-order chi connectivity index (χ0) is 13.9. The number of nitrogens with zero attached hydrogens (tertiary/aromatic N) is 2. The van der Waals surface area contributed by atoms with Gasteiger partial charge >= 0.3 is 6.18 Å². The first-order valence-electron chi connectivity index (χ1n) is 5.63. The van der Waals surface area contributed by atoms with E-state index in [2.05, 4.69) is 15.3 Å². The van der Waals surface area contributed by atoms with Crippen LogP contribution in [0.25, 0.3) is 0 Å². The largest absolute Gasteiger partial charge is 0.416 e. The van der Waals surface area contributed by atoms with Crippen LogP contribution in [0, 0.1) is 0 Å². The molecule has 2 rings (SSSR count). The summed E-state index contributed by atoms with van der Waals surface area (Å²) in [6.07, 6.45) is -1.57. The zero-order valence-corrected chi connectivity index (χ0v) is 10.1. The molecule has 0 radical (unpaired) electrons. The van der Waals surface area contributed by atoms with Crippen molar-refractivity contribution in [1.82, 2.24) is 15.3 Å². The lowest BCUT2D eigenvalue weighted by Crippen LogP contribution is -2.22. The smallest absolute Gasteiger partial charge is 0.308 e. The van der Waals surface area contributed by atoms with Gasteiger partial charge in [0.15, 0.2) is 0 Å². The Morgan fingerprint density at radius 3 is 2.47 bits per heavy atom. The minimum Gasteiger partial charge on any atom is -0.308 e. The Bertz CT molecular complexity index is 540. The average Bonchev–Trinajstić information content (AvgIpc) is 2.40. The maximum absolute atomic E-state index is 13.0. The lowest BCUT2D eigenvalue weighted by atomic mass is 9.97. The van der Waals surface area contributed by atoms with Gasteiger partial charge in [-0.25, -0.2) is 9.97 Å². The van der Waals surface area contributed by atoms with Gasteiger partial charge in [-0.05, 0) is 24.7 Å². The molecule has 0 saturated carbocycles. The molecule has 1 atom stereocenters. The summed E-state index contributed by atoms with van der Waals surface area (Å²) in [6.45, 7) is 0. The molecule has 1 aromatic heterocycles. The first-order valence-corrected chi connectivity index (χ1v) is 5.63. The lowest BCUT2D eigenvalue weighted by Gasteiger charge is -2.20. The van der Waals surface area contributed by atoms with Crippen LogP contribution >= 0.6 is 0 Å². The fraction of sp³-hybridized carbons (Fsp3) is 0.231. The predicted octanol–water partition coefficient (Wildman–Crippen LogP) is 2.80. The summed E-state index contributed by atoms with van der Waals surface area (Å²) in [6, 6.07) is 6.44. The highest BCUT2D eigenvalue weighted by atomic mass is 19.4. The third-order valence-corrected chi connectivity index (χ3v) is 2.77. The summed E-state index contributed by atoms with van der Waals surface area (Å²) in [7, 11) is 1.60. The van der Waals surface area contributed by atoms with Crippen molar-refractivity contribution in [3.63, 3.8) is 0 Å². The molecule has 6 heteroatoms. The Kier molecular flexibility index (Phi) is 3.80. The number of hydrogen-bond donors (Lipinski definition) is 1. The van der Waals surface area contributed by atoms with Crippen molar-refractivity contribution in [2.24, 2.45) is 0 Å². The van der Waals surface area contributed by atoms with E-state index in [4.69, 9.17) is 0 Å². The van der Waals surface area contributed by atoms with Gasteiger partial charge in [-0.15, -0.1) is 0 Å². The predicted molar refractivity (Wildman–Crippen MR) is 64.4 cm³/mol. The molecule has 1 N–H and O–H groups in total. The van der Waals surface area contributed by atoms with E-state index >= 15 is 0 Å². The van der Waals surface area contributed by atoms with Crippen LogP contribution in [0.5, 0.6) is 0 Å². The van der Waals surface area contributed by atoms with Gasteiger partial charge in [-0.3, -0.25) is 0 Å². The van der Waals surface area contributed by atoms with Crippen LogP contribution in [0.2, 0.25) is 0 Å². The molecule has 0 aliphatic carbocycles. The monoisotopic (exact) mass is 267 g/mol. The molecule has 100 valence electrons. The third kappa shape index (κ3) is 2.90. The van der Waals surface area contributed by atoms with E-state index in [-0.39, 0.29) is 5.56 Å². The summed E-state index contributed by atoms with van der Waals surface area (Å²) < 4.78 is 39.0. The third-order valence-electron chi connectivity index (χ3n) is 2.77. The number of rotatable bonds is 3. The van der Waals surface area contributed by atoms with E-state index in [0.29, 0.717) is 5.69 Å². The highest BCUT2D eigenvalue weighted by Crippen LogP contribution is 2.35. The topological polar surface area (TPSA) is 37.8 Å². The second-order valence-electron chi connectivity index (χ2n) is 3.94. The average molecular weight is 267 g/mol. The standard InChI is InChI=1S/C13H12F3N3/c1-17-12(11-6-7-18-8-19-11)9-4-2-3-5-10(9)13(14,15)16/h2-8,12,17H,1H3. The van der Waals surface area contributed by atoms with Crippen molar-refractivity contribution in [2.45, 2.75) is 12.2 Å². The molecular weight excluding hydrogens is 255 g/mol. The van der Waals surface area contributed by atoms with Crippen LogP contribution in [0.1, 0.15) is 22.9 Å². The van der Waals surface area contributed by atoms with E-state index in [1.54, 1.807) is 19.2 Å². The summed E-state index contributed by atoms with van der Waals surface area (Å²) >= 11 is 0. The van der Waals surface area contributed by atoms with E-state index in [9.17, 15) is 13.2 Å². The maximum atomic E-state index is 13.0. The molecule has 0 aliphatic heterocycles. The fourth-order valence-electron chi connectivity index (χ4n) is 1.94. The minimum absolute atomic E-state index is 0.149. The van der Waals surface area contributed by atoms with Crippen LogP contribution in [0.3, 0.4) is 0 Å². The Balaban J connectivity index is 2.51. The van der Waals surface area contributed by atoms with Crippen molar-refractivity contribution < 1.29 is 13.2 Å². The molecule has 2 aromatic rings. The summed E-state index contributed by atoms with van der Waals surface area (Å²) in [5.74, 6) is 0. The first-order chi connectivity index (χ1) is 9.04. The van der Waals surface area contributed by atoms with E-state index in [1.807, 2.05) is 0 Å². The molecule has 3 nitrogen and oxygen atoms in total. The van der Waals surface area contributed by atoms with E-state index in [1.165, 1.54) is 24.7 Å². The van der Waals surface area contributed by atoms with Crippen molar-refractivity contribution in [3.8, 4) is 0 Å². The number of benzene rings is 1. The SMILES string of the molecule is CNC(c1ccncn1)c1ccccc1C(F)(F)F. The molecule has 0 fully saturated rings. The molecular formula is C13H12F3N3. The first kappa shape index (κ1) is 13.5. The lowest BCUT2D eigenvalue weighted by molar-refractivity contribution is -0.138. The van der Waals surface area contributed by atoms with Gasteiger partial charge in [-0.2, -0.15) is 13.2 Å². The summed E-state index contributed by atoms with van der Waals surface area (Å²) in [5, 5.41) is 2.86. The molecule has 19 heavy (non-hydrogen) atoms. The normalized spacial score (nSPS) is 13.3. The molecule has 1 aromatic carbocycles. The van der Waals surface area contributed by atoms with Crippen LogP contribution in [-0.2, 0) is 6.18 Å². The van der Waals surface area contributed by atoms with Gasteiger partial charge in [0.1, 0.15) is 6.33 Å². The number of alkyl halides is 3. The molecule has 0 aliphatic rings. The fourth-order valence-corrected chi connectivity index (χ4v) is 1.94. The quantitative estimate of drug-likeness (QED) is 0.929. The van der Waals surface area contributed by atoms with E-state index < -0.39 is 17.8 Å². The van der Waals surface area contributed by atoms with Gasteiger partial charge in [0.05, 0.1) is 17.3 Å². The second-order valence-corrected chi connectivity index (χ2v) is 3.94. The summed E-state index contributed by atoms with van der Waals surface area (Å²) in [5.41, 5.74) is -0.0154. The molecule has 0 bridgehead atoms. The van der Waals surface area contributed by atoms with Crippen LogP contribution in [0.4, 0.5) is 13.2 Å². The Morgan fingerprint density at radius 2 is 1.89 bits per heavy atom. The Hall–Kier alpha value is -1.95. The van der Waals surface area contributed by atoms with Gasteiger partial charge < -0.3 is 5.32 Å². The van der Waals surface area contributed by atoms with Gasteiger partial charge in [0, 0.05) is 6.20 Å². The van der Waals surface area contributed by atoms with Crippen molar-refractivity contribution in [3.05, 3.63) is 59.7 Å². The number of aromatic nitrogens is 2. The molecule has 0 saturated heterocycles. The van der Waals surface area contributed by atoms with Crippen LogP contribution in [-0.4, -0.2) is 17.0 Å². The summed E-state index contributed by atoms with van der Waals surface area (Å²) in [4.78, 5) is 7.77. The minimum atomic E-state index is -4.39. The highest BCUT2D eigenvalue weighted by Gasteiger charge is 2.35. The van der Waals surface area contributed by atoms with Crippen molar-refractivity contribution in [2.75, 3.05) is 7.05 Å². The van der Waals surface area contributed by atoms with Gasteiger partial charge in [-0.1, -0.05) is 18.2 Å². The number of nitrogens with one attached hydrogen (secondary N) is 1. The Labute approximate surface area is 108 Å². The molecule has 1 unspecified atom stereocenters. The molecule has 0 amide bonds. The van der Waals surface area contributed by atoms with E-state index in [0.717, 1.165) is 6.07 Å². The van der Waals surface area contributed by atoms with Crippen LogP contribution < -0.4 is 5.32 Å². The van der Waals surface area contributed by atoms with Gasteiger partial charge in [0.25, 0.3) is 0 Å². The van der Waals surface area contributed by atoms with Crippen molar-refractivity contribution >= 4 is 0 Å². The molecule has 0 spiro atoms. The second kappa shape index (κ2) is 5.36. The molecule has 1 heterocycles. The number of halogens is 3. The van der Waals surface area contributed by atoms with Gasteiger partial charge in [0.2, 0.25) is 0 Å². The maximum Gasteiger partial charge on any atom is 0.416 e. The van der Waals surface area contributed by atoms with Crippen molar-refractivity contribution in [1.29, 1.82) is 0 Å². The highest BCUT2D eigenvalue weighted by molar-refractivity contribution is 5.36. The Morgan fingerprint density at radius 1 is 1.16 bits per heavy atom. The number of hydrogen-bond acceptors (Lipinski definition) is 3.